The first kappa shape index (κ1) is 10.1. The van der Waals surface area contributed by atoms with Crippen LogP contribution in [-0.2, 0) is 12.0 Å². The third-order valence-electron chi connectivity index (χ3n) is 3.88. The molecule has 3 heteroatoms. The lowest BCUT2D eigenvalue weighted by Crippen LogP contribution is -2.52. The Morgan fingerprint density at radius 1 is 1.50 bits per heavy atom. The molecule has 1 aromatic rings. The molecule has 0 amide bonds. The van der Waals surface area contributed by atoms with Crippen molar-refractivity contribution in [2.75, 3.05) is 13.7 Å². The zero-order chi connectivity index (χ0) is 11.2. The summed E-state index contributed by atoms with van der Waals surface area (Å²) in [6.45, 7) is 1.03. The average Bonchev–Trinajstić information content (AvgIpc) is 2.80. The van der Waals surface area contributed by atoms with Gasteiger partial charge in [-0.05, 0) is 42.6 Å². The molecule has 0 radical (unpaired) electrons. The van der Waals surface area contributed by atoms with E-state index >= 15 is 0 Å². The molecule has 3 nitrogen and oxygen atoms in total. The Balaban J connectivity index is 1.90. The molecule has 2 aliphatic rings. The van der Waals surface area contributed by atoms with E-state index in [0.29, 0.717) is 0 Å². The van der Waals surface area contributed by atoms with Crippen molar-refractivity contribution in [3.63, 3.8) is 0 Å². The van der Waals surface area contributed by atoms with Gasteiger partial charge in [-0.2, -0.15) is 0 Å². The van der Waals surface area contributed by atoms with Crippen LogP contribution in [0.3, 0.4) is 0 Å². The highest BCUT2D eigenvalue weighted by Gasteiger charge is 2.47. The summed E-state index contributed by atoms with van der Waals surface area (Å²) in [4.78, 5) is 0. The Labute approximate surface area is 95.4 Å². The Kier molecular flexibility index (Phi) is 2.19. The topological polar surface area (TPSA) is 41.5 Å². The standard InChI is InChI=1S/C13H17NO2/c1-16-10-4-5-11-9(7-10)8-13(11,15)12-3-2-6-14-12/h4-5,7,12,14-15H,2-3,6,8H2,1H3/t12-,13+/m0/s1. The van der Waals surface area contributed by atoms with Crippen molar-refractivity contribution in [3.05, 3.63) is 29.3 Å². The lowest BCUT2D eigenvalue weighted by molar-refractivity contribution is -0.0198. The van der Waals surface area contributed by atoms with E-state index in [1.54, 1.807) is 7.11 Å². The van der Waals surface area contributed by atoms with Crippen molar-refractivity contribution in [2.45, 2.75) is 30.9 Å². The molecule has 1 saturated heterocycles. The molecule has 0 bridgehead atoms. The molecular weight excluding hydrogens is 202 g/mol. The molecule has 16 heavy (non-hydrogen) atoms. The number of ether oxygens (including phenoxy) is 1. The van der Waals surface area contributed by atoms with Gasteiger partial charge in [-0.3, -0.25) is 0 Å². The zero-order valence-electron chi connectivity index (χ0n) is 9.49. The van der Waals surface area contributed by atoms with Crippen LogP contribution in [-0.4, -0.2) is 24.8 Å². The van der Waals surface area contributed by atoms with Gasteiger partial charge in [0, 0.05) is 12.5 Å². The van der Waals surface area contributed by atoms with Crippen LogP contribution in [0.5, 0.6) is 5.75 Å². The number of nitrogens with one attached hydrogen (secondary N) is 1. The second-order valence-corrected chi connectivity index (χ2v) is 4.77. The summed E-state index contributed by atoms with van der Waals surface area (Å²) in [5.41, 5.74) is 1.65. The predicted molar refractivity (Wildman–Crippen MR) is 61.6 cm³/mol. The summed E-state index contributed by atoms with van der Waals surface area (Å²) < 4.78 is 5.18. The molecule has 2 atom stereocenters. The van der Waals surface area contributed by atoms with E-state index in [1.165, 1.54) is 12.0 Å². The summed E-state index contributed by atoms with van der Waals surface area (Å²) in [5, 5.41) is 14.0. The lowest BCUT2D eigenvalue weighted by atomic mass is 9.69. The molecule has 86 valence electrons. The molecule has 2 N–H and O–H groups in total. The van der Waals surface area contributed by atoms with Crippen LogP contribution < -0.4 is 10.1 Å². The van der Waals surface area contributed by atoms with Crippen LogP contribution in [0.4, 0.5) is 0 Å². The minimum absolute atomic E-state index is 0.230. The maximum Gasteiger partial charge on any atom is 0.119 e. The maximum atomic E-state index is 10.6. The van der Waals surface area contributed by atoms with E-state index in [2.05, 4.69) is 5.32 Å². The maximum absolute atomic E-state index is 10.6. The van der Waals surface area contributed by atoms with E-state index in [-0.39, 0.29) is 6.04 Å². The van der Waals surface area contributed by atoms with Gasteiger partial charge < -0.3 is 15.2 Å². The largest absolute Gasteiger partial charge is 0.497 e. The molecule has 0 unspecified atom stereocenters. The molecule has 0 saturated carbocycles. The van der Waals surface area contributed by atoms with Gasteiger partial charge in [0.15, 0.2) is 0 Å². The highest BCUT2D eigenvalue weighted by molar-refractivity contribution is 5.48. The summed E-state index contributed by atoms with van der Waals surface area (Å²) in [7, 11) is 1.67. The Bertz CT molecular complexity index is 412. The number of aliphatic hydroxyl groups is 1. The van der Waals surface area contributed by atoms with Gasteiger partial charge in [-0.1, -0.05) is 6.07 Å². The van der Waals surface area contributed by atoms with Gasteiger partial charge >= 0.3 is 0 Å². The fraction of sp³-hybridized carbons (Fsp3) is 0.538. The molecule has 1 aliphatic carbocycles. The molecule has 1 aliphatic heterocycles. The van der Waals surface area contributed by atoms with Gasteiger partial charge in [0.2, 0.25) is 0 Å². The fourth-order valence-electron chi connectivity index (χ4n) is 2.95. The number of rotatable bonds is 2. The summed E-state index contributed by atoms with van der Waals surface area (Å²) >= 11 is 0. The third kappa shape index (κ3) is 1.28. The first-order valence-electron chi connectivity index (χ1n) is 5.87. The Morgan fingerprint density at radius 2 is 2.38 bits per heavy atom. The summed E-state index contributed by atoms with van der Waals surface area (Å²) in [6, 6.07) is 6.18. The van der Waals surface area contributed by atoms with E-state index in [9.17, 15) is 5.11 Å². The first-order chi connectivity index (χ1) is 7.74. The van der Waals surface area contributed by atoms with E-state index in [4.69, 9.17) is 4.74 Å². The second kappa shape index (κ2) is 3.47. The van der Waals surface area contributed by atoms with Gasteiger partial charge in [0.05, 0.1) is 7.11 Å². The highest BCUT2D eigenvalue weighted by Crippen LogP contribution is 2.44. The van der Waals surface area contributed by atoms with Gasteiger partial charge in [-0.15, -0.1) is 0 Å². The van der Waals surface area contributed by atoms with Gasteiger partial charge in [-0.25, -0.2) is 0 Å². The van der Waals surface area contributed by atoms with Crippen LogP contribution in [0.2, 0.25) is 0 Å². The van der Waals surface area contributed by atoms with Crippen molar-refractivity contribution < 1.29 is 9.84 Å². The third-order valence-corrected chi connectivity index (χ3v) is 3.88. The molecule has 3 rings (SSSR count). The summed E-state index contributed by atoms with van der Waals surface area (Å²) in [5.74, 6) is 0.875. The average molecular weight is 219 g/mol. The zero-order valence-corrected chi connectivity index (χ0v) is 9.49. The normalized spacial score (nSPS) is 32.0. The molecule has 0 spiro atoms. The van der Waals surface area contributed by atoms with Crippen molar-refractivity contribution in [3.8, 4) is 5.75 Å². The van der Waals surface area contributed by atoms with Crippen LogP contribution in [0.15, 0.2) is 18.2 Å². The summed E-state index contributed by atoms with van der Waals surface area (Å²) in [6.07, 6.45) is 2.98. The van der Waals surface area contributed by atoms with Crippen molar-refractivity contribution in [1.29, 1.82) is 0 Å². The lowest BCUT2D eigenvalue weighted by Gasteiger charge is -2.44. The van der Waals surface area contributed by atoms with Crippen molar-refractivity contribution >= 4 is 0 Å². The molecule has 1 aromatic carbocycles. The van der Waals surface area contributed by atoms with Crippen molar-refractivity contribution in [2.24, 2.45) is 0 Å². The van der Waals surface area contributed by atoms with Crippen LogP contribution in [0.1, 0.15) is 24.0 Å². The number of benzene rings is 1. The van der Waals surface area contributed by atoms with E-state index < -0.39 is 5.60 Å². The molecule has 0 aromatic heterocycles. The van der Waals surface area contributed by atoms with E-state index in [1.807, 2.05) is 18.2 Å². The molecule has 1 fully saturated rings. The number of hydrogen-bond donors (Lipinski definition) is 2. The van der Waals surface area contributed by atoms with Crippen LogP contribution in [0, 0.1) is 0 Å². The SMILES string of the molecule is COc1ccc2c(c1)C[C@]2(O)[C@@H]1CCCN1. The molecular formula is C13H17NO2. The minimum atomic E-state index is -0.641. The first-order valence-corrected chi connectivity index (χ1v) is 5.87. The molecule has 1 heterocycles. The number of methoxy groups -OCH3 is 1. The minimum Gasteiger partial charge on any atom is -0.497 e. The second-order valence-electron chi connectivity index (χ2n) is 4.77. The van der Waals surface area contributed by atoms with E-state index in [0.717, 1.165) is 30.7 Å². The quantitative estimate of drug-likeness (QED) is 0.785. The van der Waals surface area contributed by atoms with Crippen molar-refractivity contribution in [1.82, 2.24) is 5.32 Å². The number of fused-ring (bicyclic) bond motifs is 1. The Hall–Kier alpha value is -1.06. The smallest absolute Gasteiger partial charge is 0.119 e. The Morgan fingerprint density at radius 3 is 3.00 bits per heavy atom. The van der Waals surface area contributed by atoms with Crippen LogP contribution in [0.25, 0.3) is 0 Å². The van der Waals surface area contributed by atoms with Crippen LogP contribution >= 0.6 is 0 Å². The number of hydrogen-bond acceptors (Lipinski definition) is 3. The predicted octanol–water partition coefficient (Wildman–Crippen LogP) is 1.19. The highest BCUT2D eigenvalue weighted by atomic mass is 16.5. The fourth-order valence-corrected chi connectivity index (χ4v) is 2.95. The van der Waals surface area contributed by atoms with Gasteiger partial charge in [0.25, 0.3) is 0 Å². The van der Waals surface area contributed by atoms with Gasteiger partial charge in [0.1, 0.15) is 11.4 Å². The monoisotopic (exact) mass is 219 g/mol.